The van der Waals surface area contributed by atoms with Crippen molar-refractivity contribution >= 4 is 23.3 Å². The third-order valence-electron chi connectivity index (χ3n) is 8.68. The van der Waals surface area contributed by atoms with E-state index in [1.807, 2.05) is 26.0 Å². The van der Waals surface area contributed by atoms with Gasteiger partial charge in [-0.3, -0.25) is 9.69 Å². The Morgan fingerprint density at radius 2 is 1.90 bits per heavy atom. The molecule has 1 aliphatic rings. The molecule has 0 spiro atoms. The maximum Gasteiger partial charge on any atom is 0.323 e. The lowest BCUT2D eigenvalue weighted by Crippen LogP contribution is -2.47. The smallest absolute Gasteiger partial charge is 0.323 e. The number of nitrogens with one attached hydrogen (secondary N) is 2. The maximum atomic E-state index is 14.4. The number of likely N-dealkylation sites (N-methyl/N-ethyl adjacent to an activating group) is 1. The molecular formula is C36H51N5O7. The number of rotatable bonds is 9. The molecular weight excluding hydrogens is 614 g/mol. The van der Waals surface area contributed by atoms with E-state index in [9.17, 15) is 14.7 Å². The number of aliphatic hydroxyl groups excluding tert-OH is 1. The zero-order valence-electron chi connectivity index (χ0n) is 29.2. The number of aryl methyl sites for hydroxylation is 2. The molecule has 2 heterocycles. The summed E-state index contributed by atoms with van der Waals surface area (Å²) >= 11 is 0. The van der Waals surface area contributed by atoms with Crippen molar-refractivity contribution in [1.29, 1.82) is 0 Å². The monoisotopic (exact) mass is 665 g/mol. The highest BCUT2D eigenvalue weighted by atomic mass is 16.5. The van der Waals surface area contributed by atoms with Crippen molar-refractivity contribution in [1.82, 2.24) is 15.0 Å². The molecule has 1 aromatic heterocycles. The zero-order valence-corrected chi connectivity index (χ0v) is 29.2. The van der Waals surface area contributed by atoms with Gasteiger partial charge in [-0.1, -0.05) is 24.2 Å². The summed E-state index contributed by atoms with van der Waals surface area (Å²) in [6, 6.07) is 12.1. The number of benzene rings is 2. The summed E-state index contributed by atoms with van der Waals surface area (Å²) in [4.78, 5) is 31.2. The van der Waals surface area contributed by atoms with Gasteiger partial charge in [-0.2, -0.15) is 0 Å². The highest BCUT2D eigenvalue weighted by Gasteiger charge is 2.30. The number of methoxy groups -OCH3 is 1. The number of aliphatic hydroxyl groups is 1. The fourth-order valence-electron chi connectivity index (χ4n) is 5.81. The van der Waals surface area contributed by atoms with Crippen molar-refractivity contribution in [2.45, 2.75) is 78.7 Å². The van der Waals surface area contributed by atoms with Crippen LogP contribution in [-0.2, 0) is 11.3 Å². The predicted molar refractivity (Wildman–Crippen MR) is 185 cm³/mol. The van der Waals surface area contributed by atoms with Gasteiger partial charge < -0.3 is 39.4 Å². The normalized spacial score (nSPS) is 20.0. The van der Waals surface area contributed by atoms with Gasteiger partial charge in [-0.25, -0.2) is 4.79 Å². The van der Waals surface area contributed by atoms with Crippen molar-refractivity contribution in [3.05, 3.63) is 65.0 Å². The third kappa shape index (κ3) is 9.94. The van der Waals surface area contributed by atoms with Crippen LogP contribution in [0.4, 0.5) is 16.2 Å². The Kier molecular flexibility index (Phi) is 13.2. The number of ether oxygens (including phenoxy) is 3. The fourth-order valence-corrected chi connectivity index (χ4v) is 5.81. The molecule has 2 aromatic carbocycles. The number of hydrogen-bond donors (Lipinski definition) is 3. The van der Waals surface area contributed by atoms with Gasteiger partial charge in [0.2, 0.25) is 0 Å². The highest BCUT2D eigenvalue weighted by molar-refractivity contribution is 6.03. The molecule has 3 N–H and O–H groups in total. The molecule has 262 valence electrons. The van der Waals surface area contributed by atoms with Gasteiger partial charge in [0.05, 0.1) is 37.5 Å². The van der Waals surface area contributed by atoms with Crippen molar-refractivity contribution in [3.63, 3.8) is 0 Å². The van der Waals surface area contributed by atoms with Crippen LogP contribution in [0, 0.1) is 19.8 Å². The minimum atomic E-state index is -0.500. The van der Waals surface area contributed by atoms with Crippen LogP contribution in [-0.4, -0.2) is 90.7 Å². The number of nitrogens with zero attached hydrogens (tertiary/aromatic N) is 3. The molecule has 12 heteroatoms. The zero-order chi connectivity index (χ0) is 34.8. The van der Waals surface area contributed by atoms with Gasteiger partial charge in [0.25, 0.3) is 5.91 Å². The SMILES string of the molecule is COc1ccc(CN(C)C[C@@H]2OCCCC[C@@H](C)Oc3ccc(NC(=O)Nc4c(C)noc4C)cc3C(=O)N([C@@H](C)CO)C[C@@H]2C)cc1. The quantitative estimate of drug-likeness (QED) is 0.256. The van der Waals surface area contributed by atoms with Crippen LogP contribution in [0.15, 0.2) is 47.0 Å². The number of urea groups is 1. The van der Waals surface area contributed by atoms with Gasteiger partial charge in [0, 0.05) is 37.8 Å². The topological polar surface area (TPSA) is 139 Å². The second-order valence-corrected chi connectivity index (χ2v) is 12.8. The molecule has 0 saturated carbocycles. The maximum absolute atomic E-state index is 14.4. The first-order chi connectivity index (χ1) is 23.0. The molecule has 3 aromatic rings. The lowest BCUT2D eigenvalue weighted by molar-refractivity contribution is -0.0177. The van der Waals surface area contributed by atoms with Crippen LogP contribution in [0.2, 0.25) is 0 Å². The summed E-state index contributed by atoms with van der Waals surface area (Å²) in [5.41, 5.74) is 2.92. The lowest BCUT2D eigenvalue weighted by Gasteiger charge is -2.36. The molecule has 1 aliphatic heterocycles. The number of carbonyl (C=O) groups excluding carboxylic acids is 2. The Bertz CT molecular complexity index is 1470. The second kappa shape index (κ2) is 17.3. The highest BCUT2D eigenvalue weighted by Crippen LogP contribution is 2.29. The van der Waals surface area contributed by atoms with Gasteiger partial charge in [0.15, 0.2) is 5.76 Å². The molecule has 0 aliphatic carbocycles. The molecule has 0 saturated heterocycles. The van der Waals surface area contributed by atoms with Crippen molar-refractivity contribution < 1.29 is 33.4 Å². The summed E-state index contributed by atoms with van der Waals surface area (Å²) < 4.78 is 23.3. The largest absolute Gasteiger partial charge is 0.497 e. The van der Waals surface area contributed by atoms with Gasteiger partial charge >= 0.3 is 6.03 Å². The standard InChI is InChI=1S/C36H51N5O7/c1-23-19-41(24(2)22-42)35(43)31-18-29(37-36(44)38-34-26(4)39-48-27(34)5)13-16-32(31)47-25(3)10-8-9-17-46-33(23)21-40(6)20-28-11-14-30(45-7)15-12-28/h11-16,18,23-25,33,42H,8-10,17,19-22H2,1-7H3,(H2,37,38,44)/t23-,24-,25+,33-/m0/s1. The number of anilines is 2. The number of hydrogen-bond acceptors (Lipinski definition) is 9. The van der Waals surface area contributed by atoms with Gasteiger partial charge in [-0.15, -0.1) is 0 Å². The number of fused-ring (bicyclic) bond motifs is 1. The first-order valence-electron chi connectivity index (χ1n) is 16.7. The first kappa shape index (κ1) is 36.7. The van der Waals surface area contributed by atoms with Crippen LogP contribution in [0.25, 0.3) is 0 Å². The van der Waals surface area contributed by atoms with E-state index in [-0.39, 0.29) is 30.6 Å². The molecule has 0 unspecified atom stereocenters. The minimum Gasteiger partial charge on any atom is -0.497 e. The average molecular weight is 666 g/mol. The van der Waals surface area contributed by atoms with Crippen LogP contribution in [0.5, 0.6) is 11.5 Å². The second-order valence-electron chi connectivity index (χ2n) is 12.8. The summed E-state index contributed by atoms with van der Waals surface area (Å²) in [6.07, 6.45) is 2.25. The van der Waals surface area contributed by atoms with Crippen LogP contribution < -0.4 is 20.1 Å². The number of aromatic nitrogens is 1. The molecule has 3 amide bonds. The third-order valence-corrected chi connectivity index (χ3v) is 8.68. The summed E-state index contributed by atoms with van der Waals surface area (Å²) in [6.45, 7) is 11.5. The predicted octanol–water partition coefficient (Wildman–Crippen LogP) is 5.87. The van der Waals surface area contributed by atoms with E-state index < -0.39 is 12.1 Å². The minimum absolute atomic E-state index is 0.0605. The van der Waals surface area contributed by atoms with Gasteiger partial charge in [-0.05, 0) is 89.9 Å². The Hall–Kier alpha value is -4.13. The summed E-state index contributed by atoms with van der Waals surface area (Å²) in [5, 5.41) is 19.7. The summed E-state index contributed by atoms with van der Waals surface area (Å²) in [5.74, 6) is 1.37. The Balaban J connectivity index is 1.58. The van der Waals surface area contributed by atoms with Crippen molar-refractivity contribution in [2.75, 3.05) is 51.1 Å². The average Bonchev–Trinajstić information content (AvgIpc) is 3.38. The molecule has 4 atom stereocenters. The van der Waals surface area contributed by atoms with E-state index in [4.69, 9.17) is 18.7 Å². The van der Waals surface area contributed by atoms with Crippen LogP contribution >= 0.6 is 0 Å². The first-order valence-corrected chi connectivity index (χ1v) is 16.7. The summed E-state index contributed by atoms with van der Waals surface area (Å²) in [7, 11) is 3.72. The van der Waals surface area contributed by atoms with E-state index in [0.717, 1.165) is 37.1 Å². The van der Waals surface area contributed by atoms with E-state index in [0.29, 0.717) is 53.8 Å². The van der Waals surface area contributed by atoms with E-state index in [2.05, 4.69) is 46.8 Å². The van der Waals surface area contributed by atoms with Crippen molar-refractivity contribution in [2.24, 2.45) is 5.92 Å². The lowest BCUT2D eigenvalue weighted by atomic mass is 10.0. The van der Waals surface area contributed by atoms with Crippen molar-refractivity contribution in [3.8, 4) is 11.5 Å². The molecule has 48 heavy (non-hydrogen) atoms. The van der Waals surface area contributed by atoms with E-state index in [1.54, 1.807) is 44.1 Å². The van der Waals surface area contributed by atoms with Crippen LogP contribution in [0.1, 0.15) is 67.4 Å². The van der Waals surface area contributed by atoms with E-state index in [1.165, 1.54) is 0 Å². The van der Waals surface area contributed by atoms with Crippen LogP contribution in [0.3, 0.4) is 0 Å². The molecule has 0 bridgehead atoms. The van der Waals surface area contributed by atoms with E-state index >= 15 is 0 Å². The fraction of sp³-hybridized carbons (Fsp3) is 0.528. The number of carbonyl (C=O) groups is 2. The van der Waals surface area contributed by atoms with Gasteiger partial charge in [0.1, 0.15) is 22.9 Å². The number of amides is 3. The Morgan fingerprint density at radius 1 is 1.15 bits per heavy atom. The molecule has 0 radical (unpaired) electrons. The Labute approximate surface area is 283 Å². The Morgan fingerprint density at radius 3 is 2.56 bits per heavy atom. The molecule has 4 rings (SSSR count). The molecule has 12 nitrogen and oxygen atoms in total. The molecule has 0 fully saturated rings.